The molecule has 0 unspecified atom stereocenters. The molecule has 0 radical (unpaired) electrons. The van der Waals surface area contributed by atoms with E-state index in [1.54, 1.807) is 0 Å². The lowest BCUT2D eigenvalue weighted by Gasteiger charge is -2.29. The first-order valence-electron chi connectivity index (χ1n) is 11.6. The van der Waals surface area contributed by atoms with E-state index in [2.05, 4.69) is 34.5 Å². The zero-order valence-electron chi connectivity index (χ0n) is 18.7. The van der Waals surface area contributed by atoms with Crippen molar-refractivity contribution in [3.8, 4) is 0 Å². The normalized spacial score (nSPS) is 28.7. The summed E-state index contributed by atoms with van der Waals surface area (Å²) in [5, 5.41) is 3.03. The number of nitrogens with one attached hydrogen (secondary N) is 1. The third-order valence-electron chi connectivity index (χ3n) is 6.70. The first kappa shape index (κ1) is 22.2. The molecular weight excluding hydrogens is 394 g/mol. The maximum atomic E-state index is 12.9. The first-order valence-corrected chi connectivity index (χ1v) is 11.6. The Morgan fingerprint density at radius 1 is 1.13 bits per heavy atom. The molecule has 1 N–H and O–H groups in total. The van der Waals surface area contributed by atoms with Gasteiger partial charge in [-0.3, -0.25) is 14.5 Å². The molecule has 3 aliphatic rings. The molecule has 7 heteroatoms. The summed E-state index contributed by atoms with van der Waals surface area (Å²) < 4.78 is 11.6. The van der Waals surface area contributed by atoms with Gasteiger partial charge in [-0.2, -0.15) is 0 Å². The first-order chi connectivity index (χ1) is 15.0. The molecule has 7 nitrogen and oxygen atoms in total. The Labute approximate surface area is 185 Å². The lowest BCUT2D eigenvalue weighted by atomic mass is 9.84. The number of morpholine rings is 1. The van der Waals surface area contributed by atoms with E-state index in [1.165, 1.54) is 5.56 Å². The fraction of sp³-hybridized carbons (Fsp3) is 0.667. The van der Waals surface area contributed by atoms with Crippen molar-refractivity contribution in [1.82, 2.24) is 15.1 Å². The van der Waals surface area contributed by atoms with E-state index in [4.69, 9.17) is 9.47 Å². The Hall–Kier alpha value is -1.96. The monoisotopic (exact) mass is 429 g/mol. The standard InChI is InChI=1S/C24H35N3O4/c1-17(2)25-22(28)12-19-15-27(14-18-6-4-3-5-7-18)20-16-31-21(24(19)20)13-23(29)26-8-10-30-11-9-26/h3-7,17,19-21,24H,8-16H2,1-2H3,(H,25,28)/t19-,20-,21+,24-/m1/s1. The summed E-state index contributed by atoms with van der Waals surface area (Å²) in [5.41, 5.74) is 1.27. The van der Waals surface area contributed by atoms with Crippen LogP contribution >= 0.6 is 0 Å². The van der Waals surface area contributed by atoms with Crippen LogP contribution in [0, 0.1) is 11.8 Å². The summed E-state index contributed by atoms with van der Waals surface area (Å²) in [6.45, 7) is 8.82. The molecule has 3 aliphatic heterocycles. The molecule has 170 valence electrons. The predicted octanol–water partition coefficient (Wildman–Crippen LogP) is 1.67. The maximum Gasteiger partial charge on any atom is 0.225 e. The van der Waals surface area contributed by atoms with Gasteiger partial charge >= 0.3 is 0 Å². The number of amides is 2. The third kappa shape index (κ3) is 5.45. The zero-order chi connectivity index (χ0) is 21.8. The van der Waals surface area contributed by atoms with Crippen LogP contribution in [0.4, 0.5) is 0 Å². The van der Waals surface area contributed by atoms with E-state index in [0.717, 1.165) is 13.1 Å². The molecule has 0 bridgehead atoms. The van der Waals surface area contributed by atoms with Crippen LogP contribution < -0.4 is 5.32 Å². The Kier molecular flexibility index (Phi) is 7.25. The second kappa shape index (κ2) is 10.1. The molecule has 4 atom stereocenters. The average Bonchev–Trinajstić information content (AvgIpc) is 3.31. The van der Waals surface area contributed by atoms with Crippen molar-refractivity contribution in [1.29, 1.82) is 0 Å². The highest BCUT2D eigenvalue weighted by molar-refractivity contribution is 5.77. The highest BCUT2D eigenvalue weighted by Crippen LogP contribution is 2.42. The molecule has 1 aromatic carbocycles. The smallest absolute Gasteiger partial charge is 0.225 e. The van der Waals surface area contributed by atoms with Crippen molar-refractivity contribution in [2.24, 2.45) is 11.8 Å². The Morgan fingerprint density at radius 2 is 1.87 bits per heavy atom. The highest BCUT2D eigenvalue weighted by Gasteiger charge is 2.51. The molecular formula is C24H35N3O4. The number of hydrogen-bond acceptors (Lipinski definition) is 5. The van der Waals surface area contributed by atoms with Crippen LogP contribution in [0.2, 0.25) is 0 Å². The van der Waals surface area contributed by atoms with E-state index in [-0.39, 0.29) is 41.8 Å². The Bertz CT molecular complexity index is 750. The van der Waals surface area contributed by atoms with Gasteiger partial charge in [0.1, 0.15) is 0 Å². The van der Waals surface area contributed by atoms with Gasteiger partial charge in [-0.1, -0.05) is 30.3 Å². The SMILES string of the molecule is CC(C)NC(=O)C[C@@H]1CN(Cc2ccccc2)[C@@H]2CO[C@@H](CC(=O)N3CCOCC3)[C@H]12. The van der Waals surface area contributed by atoms with Gasteiger partial charge in [0, 0.05) is 50.6 Å². The number of carbonyl (C=O) groups excluding carboxylic acids is 2. The zero-order valence-corrected chi connectivity index (χ0v) is 18.7. The minimum Gasteiger partial charge on any atom is -0.378 e. The minimum atomic E-state index is -0.127. The van der Waals surface area contributed by atoms with Crippen molar-refractivity contribution < 1.29 is 19.1 Å². The van der Waals surface area contributed by atoms with Gasteiger partial charge in [0.2, 0.25) is 11.8 Å². The van der Waals surface area contributed by atoms with E-state index in [0.29, 0.717) is 45.8 Å². The van der Waals surface area contributed by atoms with Crippen molar-refractivity contribution in [2.45, 2.75) is 51.4 Å². The lowest BCUT2D eigenvalue weighted by molar-refractivity contribution is -0.138. The predicted molar refractivity (Wildman–Crippen MR) is 117 cm³/mol. The summed E-state index contributed by atoms with van der Waals surface area (Å²) in [7, 11) is 0. The van der Waals surface area contributed by atoms with Crippen molar-refractivity contribution in [3.05, 3.63) is 35.9 Å². The average molecular weight is 430 g/mol. The number of carbonyl (C=O) groups is 2. The molecule has 1 aromatic rings. The van der Waals surface area contributed by atoms with Crippen LogP contribution in [-0.2, 0) is 25.6 Å². The number of ether oxygens (including phenoxy) is 2. The van der Waals surface area contributed by atoms with Crippen molar-refractivity contribution in [3.63, 3.8) is 0 Å². The highest BCUT2D eigenvalue weighted by atomic mass is 16.5. The summed E-state index contributed by atoms with van der Waals surface area (Å²) in [5.74, 6) is 0.621. The quantitative estimate of drug-likeness (QED) is 0.714. The number of hydrogen-bond donors (Lipinski definition) is 1. The van der Waals surface area contributed by atoms with Crippen LogP contribution in [-0.4, -0.2) is 79.3 Å². The van der Waals surface area contributed by atoms with Gasteiger partial charge in [0.15, 0.2) is 0 Å². The fourth-order valence-corrected chi connectivity index (χ4v) is 5.35. The van der Waals surface area contributed by atoms with Gasteiger partial charge in [-0.05, 0) is 25.3 Å². The molecule has 3 heterocycles. The molecule has 31 heavy (non-hydrogen) atoms. The fourth-order valence-electron chi connectivity index (χ4n) is 5.35. The molecule has 4 rings (SSSR count). The van der Waals surface area contributed by atoms with Crippen LogP contribution in [0.5, 0.6) is 0 Å². The van der Waals surface area contributed by atoms with Crippen molar-refractivity contribution in [2.75, 3.05) is 39.5 Å². The van der Waals surface area contributed by atoms with E-state index < -0.39 is 0 Å². The summed E-state index contributed by atoms with van der Waals surface area (Å²) in [6.07, 6.45) is 0.747. The van der Waals surface area contributed by atoms with Gasteiger partial charge in [-0.15, -0.1) is 0 Å². The number of likely N-dealkylation sites (tertiary alicyclic amines) is 1. The Balaban J connectivity index is 1.46. The summed E-state index contributed by atoms with van der Waals surface area (Å²) in [4.78, 5) is 29.8. The van der Waals surface area contributed by atoms with Gasteiger partial charge in [-0.25, -0.2) is 0 Å². The van der Waals surface area contributed by atoms with Crippen LogP contribution in [0.15, 0.2) is 30.3 Å². The molecule has 3 saturated heterocycles. The van der Waals surface area contributed by atoms with Crippen LogP contribution in [0.3, 0.4) is 0 Å². The molecule has 0 aromatic heterocycles. The number of rotatable bonds is 7. The number of benzene rings is 1. The second-order valence-electron chi connectivity index (χ2n) is 9.32. The molecule has 2 amide bonds. The number of fused-ring (bicyclic) bond motifs is 1. The molecule has 0 spiro atoms. The molecule has 0 saturated carbocycles. The third-order valence-corrected chi connectivity index (χ3v) is 6.70. The molecule has 3 fully saturated rings. The second-order valence-corrected chi connectivity index (χ2v) is 9.32. The minimum absolute atomic E-state index is 0.0884. The van der Waals surface area contributed by atoms with Crippen molar-refractivity contribution >= 4 is 11.8 Å². The molecule has 0 aliphatic carbocycles. The summed E-state index contributed by atoms with van der Waals surface area (Å²) >= 11 is 0. The Morgan fingerprint density at radius 3 is 2.58 bits per heavy atom. The van der Waals surface area contributed by atoms with Gasteiger partial charge in [0.05, 0.1) is 32.3 Å². The van der Waals surface area contributed by atoms with Gasteiger partial charge in [0.25, 0.3) is 0 Å². The van der Waals surface area contributed by atoms with E-state index >= 15 is 0 Å². The number of nitrogens with zero attached hydrogens (tertiary/aromatic N) is 2. The lowest BCUT2D eigenvalue weighted by Crippen LogP contribution is -2.43. The maximum absolute atomic E-state index is 12.9. The van der Waals surface area contributed by atoms with E-state index in [1.807, 2.05) is 24.8 Å². The van der Waals surface area contributed by atoms with Gasteiger partial charge < -0.3 is 19.7 Å². The van der Waals surface area contributed by atoms with E-state index in [9.17, 15) is 9.59 Å². The van der Waals surface area contributed by atoms with Crippen LogP contribution in [0.1, 0.15) is 32.3 Å². The van der Waals surface area contributed by atoms with Crippen LogP contribution in [0.25, 0.3) is 0 Å². The summed E-state index contributed by atoms with van der Waals surface area (Å²) in [6, 6.07) is 10.8. The largest absolute Gasteiger partial charge is 0.378 e. The topological polar surface area (TPSA) is 71.1 Å².